The van der Waals surface area contributed by atoms with Crippen LogP contribution in [0, 0.1) is 5.92 Å². The summed E-state index contributed by atoms with van der Waals surface area (Å²) in [4.78, 5) is 27.4. The molecule has 2 aliphatic rings. The Labute approximate surface area is 114 Å². The summed E-state index contributed by atoms with van der Waals surface area (Å²) < 4.78 is 4.62. The maximum Gasteiger partial charge on any atom is 0.305 e. The summed E-state index contributed by atoms with van der Waals surface area (Å²) in [7, 11) is 1.42. The minimum absolute atomic E-state index is 0.140. The fourth-order valence-corrected chi connectivity index (χ4v) is 2.65. The summed E-state index contributed by atoms with van der Waals surface area (Å²) in [6.07, 6.45) is 4.70. The zero-order valence-corrected chi connectivity index (χ0v) is 11.8. The maximum absolute atomic E-state index is 12.1. The Bertz CT molecular complexity index is 321. The van der Waals surface area contributed by atoms with Gasteiger partial charge >= 0.3 is 5.97 Å². The molecule has 1 amide bonds. The fraction of sp³-hybridized carbons (Fsp3) is 0.857. The molecule has 0 aromatic heterocycles. The molecule has 0 aromatic carbocycles. The molecule has 1 aliphatic heterocycles. The number of carbonyl (C=O) groups excluding carboxylic acids is 2. The summed E-state index contributed by atoms with van der Waals surface area (Å²) in [5.41, 5.74) is 0. The molecule has 1 heterocycles. The van der Waals surface area contributed by atoms with Gasteiger partial charge in [0.2, 0.25) is 5.91 Å². The summed E-state index contributed by atoms with van der Waals surface area (Å²) >= 11 is 0. The molecule has 0 spiro atoms. The van der Waals surface area contributed by atoms with Crippen molar-refractivity contribution < 1.29 is 14.3 Å². The lowest BCUT2D eigenvalue weighted by atomic mass is 9.84. The van der Waals surface area contributed by atoms with Crippen LogP contribution < -0.4 is 0 Å². The van der Waals surface area contributed by atoms with E-state index in [-0.39, 0.29) is 5.97 Å². The largest absolute Gasteiger partial charge is 0.469 e. The van der Waals surface area contributed by atoms with E-state index in [1.165, 1.54) is 13.5 Å². The van der Waals surface area contributed by atoms with Gasteiger partial charge in [-0.2, -0.15) is 0 Å². The highest BCUT2D eigenvalue weighted by molar-refractivity contribution is 5.79. The summed E-state index contributed by atoms with van der Waals surface area (Å²) in [6, 6.07) is 0. The van der Waals surface area contributed by atoms with Crippen molar-refractivity contribution in [1.29, 1.82) is 0 Å². The second kappa shape index (κ2) is 6.89. The smallest absolute Gasteiger partial charge is 0.305 e. The van der Waals surface area contributed by atoms with Crippen molar-refractivity contribution in [3.8, 4) is 0 Å². The number of carbonyl (C=O) groups is 2. The molecule has 5 heteroatoms. The summed E-state index contributed by atoms with van der Waals surface area (Å²) in [5.74, 6) is 0.533. The van der Waals surface area contributed by atoms with Crippen LogP contribution in [0.3, 0.4) is 0 Å². The van der Waals surface area contributed by atoms with Crippen molar-refractivity contribution in [2.24, 2.45) is 5.92 Å². The van der Waals surface area contributed by atoms with Crippen LogP contribution in [0.25, 0.3) is 0 Å². The Morgan fingerprint density at radius 2 is 1.84 bits per heavy atom. The fourth-order valence-electron chi connectivity index (χ4n) is 2.65. The van der Waals surface area contributed by atoms with E-state index in [2.05, 4.69) is 9.64 Å². The number of rotatable bonds is 5. The van der Waals surface area contributed by atoms with Gasteiger partial charge in [-0.05, 0) is 25.8 Å². The van der Waals surface area contributed by atoms with Gasteiger partial charge in [0.15, 0.2) is 0 Å². The molecule has 1 saturated carbocycles. The molecule has 0 N–H and O–H groups in total. The molecular formula is C14H24N2O3. The Morgan fingerprint density at radius 3 is 2.37 bits per heavy atom. The molecule has 2 fully saturated rings. The van der Waals surface area contributed by atoms with Crippen molar-refractivity contribution in [3.63, 3.8) is 0 Å². The van der Waals surface area contributed by atoms with E-state index in [4.69, 9.17) is 0 Å². The standard InChI is InChI=1S/C14H24N2O3/c1-19-13(17)6-3-7-15-8-10-16(11-9-15)14(18)12-4-2-5-12/h12H,2-11H2,1H3. The van der Waals surface area contributed by atoms with E-state index in [1.807, 2.05) is 4.90 Å². The van der Waals surface area contributed by atoms with Crippen molar-refractivity contribution in [2.75, 3.05) is 39.8 Å². The Hall–Kier alpha value is -1.10. The lowest BCUT2D eigenvalue weighted by Gasteiger charge is -2.38. The van der Waals surface area contributed by atoms with Gasteiger partial charge in [-0.25, -0.2) is 0 Å². The molecule has 108 valence electrons. The number of esters is 1. The van der Waals surface area contributed by atoms with Gasteiger partial charge in [0.1, 0.15) is 0 Å². The molecule has 1 aliphatic carbocycles. The number of hydrogen-bond acceptors (Lipinski definition) is 4. The Balaban J connectivity index is 1.62. The first-order valence-corrected chi connectivity index (χ1v) is 7.28. The van der Waals surface area contributed by atoms with E-state index in [0.29, 0.717) is 18.2 Å². The maximum atomic E-state index is 12.1. The molecule has 0 atom stereocenters. The number of ether oxygens (including phenoxy) is 1. The molecule has 19 heavy (non-hydrogen) atoms. The zero-order chi connectivity index (χ0) is 13.7. The molecule has 0 aromatic rings. The highest BCUT2D eigenvalue weighted by atomic mass is 16.5. The van der Waals surface area contributed by atoms with Crippen molar-refractivity contribution in [3.05, 3.63) is 0 Å². The first kappa shape index (κ1) is 14.3. The van der Waals surface area contributed by atoms with Crippen molar-refractivity contribution >= 4 is 11.9 Å². The van der Waals surface area contributed by atoms with E-state index in [9.17, 15) is 9.59 Å². The first-order valence-electron chi connectivity index (χ1n) is 7.28. The van der Waals surface area contributed by atoms with Crippen LogP contribution >= 0.6 is 0 Å². The normalized spacial score (nSPS) is 21.0. The van der Waals surface area contributed by atoms with Crippen LogP contribution in [0.15, 0.2) is 0 Å². The monoisotopic (exact) mass is 268 g/mol. The van der Waals surface area contributed by atoms with E-state index in [0.717, 1.165) is 52.0 Å². The highest BCUT2D eigenvalue weighted by Crippen LogP contribution is 2.28. The Morgan fingerprint density at radius 1 is 1.16 bits per heavy atom. The number of nitrogens with zero attached hydrogens (tertiary/aromatic N) is 2. The van der Waals surface area contributed by atoms with Crippen molar-refractivity contribution in [2.45, 2.75) is 32.1 Å². The molecular weight excluding hydrogens is 244 g/mol. The lowest BCUT2D eigenvalue weighted by Crippen LogP contribution is -2.51. The minimum atomic E-state index is -0.140. The number of methoxy groups -OCH3 is 1. The van der Waals surface area contributed by atoms with Crippen LogP contribution in [0.2, 0.25) is 0 Å². The van der Waals surface area contributed by atoms with Crippen LogP contribution in [0.5, 0.6) is 0 Å². The topological polar surface area (TPSA) is 49.9 Å². The SMILES string of the molecule is COC(=O)CCCN1CCN(C(=O)C2CCC2)CC1. The van der Waals surface area contributed by atoms with Gasteiger partial charge < -0.3 is 9.64 Å². The van der Waals surface area contributed by atoms with E-state index < -0.39 is 0 Å². The van der Waals surface area contributed by atoms with Crippen LogP contribution in [-0.2, 0) is 14.3 Å². The third-order valence-electron chi connectivity index (χ3n) is 4.22. The predicted octanol–water partition coefficient (Wildman–Crippen LogP) is 0.884. The Kier molecular flexibility index (Phi) is 5.19. The predicted molar refractivity (Wildman–Crippen MR) is 71.6 cm³/mol. The van der Waals surface area contributed by atoms with Gasteiger partial charge in [0, 0.05) is 38.5 Å². The number of piperazine rings is 1. The molecule has 0 unspecified atom stereocenters. The van der Waals surface area contributed by atoms with Gasteiger partial charge in [-0.1, -0.05) is 6.42 Å². The van der Waals surface area contributed by atoms with Crippen LogP contribution in [-0.4, -0.2) is 61.5 Å². The van der Waals surface area contributed by atoms with Gasteiger partial charge in [-0.15, -0.1) is 0 Å². The second-order valence-corrected chi connectivity index (χ2v) is 5.47. The molecule has 1 saturated heterocycles. The first-order chi connectivity index (χ1) is 9.20. The van der Waals surface area contributed by atoms with Crippen molar-refractivity contribution in [1.82, 2.24) is 9.80 Å². The second-order valence-electron chi connectivity index (χ2n) is 5.47. The average molecular weight is 268 g/mol. The summed E-state index contributed by atoms with van der Waals surface area (Å²) in [6.45, 7) is 4.46. The van der Waals surface area contributed by atoms with Crippen LogP contribution in [0.1, 0.15) is 32.1 Å². The summed E-state index contributed by atoms with van der Waals surface area (Å²) in [5, 5.41) is 0. The van der Waals surface area contributed by atoms with Gasteiger partial charge in [0.05, 0.1) is 7.11 Å². The number of amides is 1. The highest BCUT2D eigenvalue weighted by Gasteiger charge is 2.30. The quantitative estimate of drug-likeness (QED) is 0.695. The zero-order valence-electron chi connectivity index (χ0n) is 11.8. The van der Waals surface area contributed by atoms with Gasteiger partial charge in [0.25, 0.3) is 0 Å². The number of hydrogen-bond donors (Lipinski definition) is 0. The molecule has 0 radical (unpaired) electrons. The van der Waals surface area contributed by atoms with E-state index >= 15 is 0 Å². The average Bonchev–Trinajstić information content (AvgIpc) is 2.37. The van der Waals surface area contributed by atoms with Gasteiger partial charge in [-0.3, -0.25) is 14.5 Å². The van der Waals surface area contributed by atoms with E-state index in [1.54, 1.807) is 0 Å². The lowest BCUT2D eigenvalue weighted by molar-refractivity contribution is -0.140. The minimum Gasteiger partial charge on any atom is -0.469 e. The molecule has 0 bridgehead atoms. The molecule has 2 rings (SSSR count). The third-order valence-corrected chi connectivity index (χ3v) is 4.22. The third kappa shape index (κ3) is 3.93. The van der Waals surface area contributed by atoms with Crippen LogP contribution in [0.4, 0.5) is 0 Å². The molecule has 5 nitrogen and oxygen atoms in total.